The standard InChI is InChI=1S/C13H19FN2O3/c1-10-7-11(14)9-12(8-10)16-13(18)15-3-2-5-19-6-4-17/h7-9,17H,2-6H2,1H3,(H2,15,16,18). The van der Waals surface area contributed by atoms with Crippen LogP contribution in [0.15, 0.2) is 18.2 Å². The van der Waals surface area contributed by atoms with E-state index >= 15 is 0 Å². The highest BCUT2D eigenvalue weighted by Gasteiger charge is 2.03. The Bertz CT molecular complexity index is 393. The van der Waals surface area contributed by atoms with Crippen LogP contribution in [0.2, 0.25) is 0 Å². The minimum Gasteiger partial charge on any atom is -0.394 e. The molecule has 0 aromatic heterocycles. The number of amides is 2. The van der Waals surface area contributed by atoms with Gasteiger partial charge in [-0.2, -0.15) is 0 Å². The molecule has 0 bridgehead atoms. The number of aliphatic hydroxyl groups excluding tert-OH is 1. The van der Waals surface area contributed by atoms with Crippen LogP contribution in [-0.4, -0.2) is 37.5 Å². The van der Waals surface area contributed by atoms with E-state index in [0.29, 0.717) is 31.9 Å². The monoisotopic (exact) mass is 270 g/mol. The first-order valence-electron chi connectivity index (χ1n) is 6.12. The Morgan fingerprint density at radius 1 is 1.37 bits per heavy atom. The van der Waals surface area contributed by atoms with Gasteiger partial charge in [0.2, 0.25) is 0 Å². The Balaban J connectivity index is 2.23. The van der Waals surface area contributed by atoms with Gasteiger partial charge in [-0.25, -0.2) is 9.18 Å². The predicted octanol–water partition coefficient (Wildman–Crippen LogP) is 1.65. The van der Waals surface area contributed by atoms with E-state index in [9.17, 15) is 9.18 Å². The van der Waals surface area contributed by atoms with Gasteiger partial charge in [-0.05, 0) is 37.1 Å². The van der Waals surface area contributed by atoms with Gasteiger partial charge in [0.15, 0.2) is 0 Å². The molecule has 0 aliphatic rings. The summed E-state index contributed by atoms with van der Waals surface area (Å²) in [6.45, 7) is 2.97. The number of anilines is 1. The zero-order chi connectivity index (χ0) is 14.1. The van der Waals surface area contributed by atoms with E-state index in [-0.39, 0.29) is 18.5 Å². The van der Waals surface area contributed by atoms with Crippen LogP contribution in [0.1, 0.15) is 12.0 Å². The van der Waals surface area contributed by atoms with Crippen molar-refractivity contribution in [3.63, 3.8) is 0 Å². The lowest BCUT2D eigenvalue weighted by Gasteiger charge is -2.08. The van der Waals surface area contributed by atoms with Crippen LogP contribution < -0.4 is 10.6 Å². The maximum absolute atomic E-state index is 13.1. The molecule has 1 aromatic carbocycles. The van der Waals surface area contributed by atoms with Crippen LogP contribution >= 0.6 is 0 Å². The topological polar surface area (TPSA) is 70.6 Å². The average molecular weight is 270 g/mol. The summed E-state index contributed by atoms with van der Waals surface area (Å²) in [4.78, 5) is 11.5. The van der Waals surface area contributed by atoms with E-state index in [1.54, 1.807) is 13.0 Å². The number of halogens is 1. The van der Waals surface area contributed by atoms with Crippen LogP contribution in [-0.2, 0) is 4.74 Å². The Morgan fingerprint density at radius 2 is 2.16 bits per heavy atom. The molecule has 0 atom stereocenters. The van der Waals surface area contributed by atoms with E-state index < -0.39 is 0 Å². The van der Waals surface area contributed by atoms with Crippen molar-refractivity contribution in [2.45, 2.75) is 13.3 Å². The molecule has 0 saturated carbocycles. The molecule has 0 aliphatic carbocycles. The second-order valence-electron chi connectivity index (χ2n) is 4.09. The molecule has 0 unspecified atom stereocenters. The van der Waals surface area contributed by atoms with Gasteiger partial charge in [-0.3, -0.25) is 0 Å². The summed E-state index contributed by atoms with van der Waals surface area (Å²) in [5, 5.41) is 13.7. The highest BCUT2D eigenvalue weighted by Crippen LogP contribution is 2.12. The summed E-state index contributed by atoms with van der Waals surface area (Å²) < 4.78 is 18.1. The molecule has 0 aliphatic heterocycles. The van der Waals surface area contributed by atoms with Crippen LogP contribution in [0.25, 0.3) is 0 Å². The van der Waals surface area contributed by atoms with Gasteiger partial charge in [0, 0.05) is 18.8 Å². The van der Waals surface area contributed by atoms with Gasteiger partial charge in [0.1, 0.15) is 5.82 Å². The molecule has 2 amide bonds. The van der Waals surface area contributed by atoms with Crippen molar-refractivity contribution in [1.82, 2.24) is 5.32 Å². The number of nitrogens with one attached hydrogen (secondary N) is 2. The van der Waals surface area contributed by atoms with Crippen LogP contribution in [0.3, 0.4) is 0 Å². The molecular formula is C13H19FN2O3. The van der Waals surface area contributed by atoms with Crippen molar-refractivity contribution in [2.75, 3.05) is 31.7 Å². The fourth-order valence-corrected chi connectivity index (χ4v) is 1.53. The Labute approximate surface area is 111 Å². The Hall–Kier alpha value is -1.66. The first-order valence-corrected chi connectivity index (χ1v) is 6.12. The maximum Gasteiger partial charge on any atom is 0.319 e. The zero-order valence-electron chi connectivity index (χ0n) is 10.9. The predicted molar refractivity (Wildman–Crippen MR) is 70.7 cm³/mol. The zero-order valence-corrected chi connectivity index (χ0v) is 10.9. The number of ether oxygens (including phenoxy) is 1. The molecule has 1 aromatic rings. The minimum atomic E-state index is -0.382. The third-order valence-electron chi connectivity index (χ3n) is 2.29. The van der Waals surface area contributed by atoms with E-state index in [1.807, 2.05) is 0 Å². The number of aliphatic hydroxyl groups is 1. The first kappa shape index (κ1) is 15.4. The largest absolute Gasteiger partial charge is 0.394 e. The normalized spacial score (nSPS) is 10.3. The van der Waals surface area contributed by atoms with Gasteiger partial charge in [-0.1, -0.05) is 0 Å². The lowest BCUT2D eigenvalue weighted by Crippen LogP contribution is -2.30. The number of hydrogen-bond acceptors (Lipinski definition) is 3. The van der Waals surface area contributed by atoms with Crippen molar-refractivity contribution >= 4 is 11.7 Å². The summed E-state index contributed by atoms with van der Waals surface area (Å²) in [5.74, 6) is -0.382. The van der Waals surface area contributed by atoms with Crippen molar-refractivity contribution in [3.05, 3.63) is 29.6 Å². The van der Waals surface area contributed by atoms with Crippen LogP contribution in [0, 0.1) is 12.7 Å². The molecule has 6 heteroatoms. The summed E-state index contributed by atoms with van der Waals surface area (Å²) in [6.07, 6.45) is 0.648. The first-order chi connectivity index (χ1) is 9.11. The van der Waals surface area contributed by atoms with Crippen molar-refractivity contribution in [3.8, 4) is 0 Å². The summed E-state index contributed by atoms with van der Waals surface area (Å²) in [5.41, 5.74) is 1.17. The lowest BCUT2D eigenvalue weighted by atomic mass is 10.2. The Morgan fingerprint density at radius 3 is 2.84 bits per heavy atom. The molecule has 3 N–H and O–H groups in total. The number of aryl methyl sites for hydroxylation is 1. The number of hydrogen-bond donors (Lipinski definition) is 3. The van der Waals surface area contributed by atoms with E-state index in [2.05, 4.69) is 10.6 Å². The fourth-order valence-electron chi connectivity index (χ4n) is 1.53. The Kier molecular flexibility index (Phi) is 6.84. The van der Waals surface area contributed by atoms with Gasteiger partial charge in [0.05, 0.1) is 13.2 Å². The molecule has 5 nitrogen and oxygen atoms in total. The third kappa shape index (κ3) is 6.73. The molecule has 0 fully saturated rings. The van der Waals surface area contributed by atoms with Crippen LogP contribution in [0.4, 0.5) is 14.9 Å². The molecule has 0 heterocycles. The summed E-state index contributed by atoms with van der Waals surface area (Å²) in [6, 6.07) is 3.96. The second kappa shape index (κ2) is 8.44. The van der Waals surface area contributed by atoms with Gasteiger partial charge in [-0.15, -0.1) is 0 Å². The number of carbonyl (C=O) groups is 1. The van der Waals surface area contributed by atoms with Crippen LogP contribution in [0.5, 0.6) is 0 Å². The number of urea groups is 1. The summed E-state index contributed by atoms with van der Waals surface area (Å²) >= 11 is 0. The molecule has 0 spiro atoms. The number of benzene rings is 1. The average Bonchev–Trinajstić information content (AvgIpc) is 2.32. The highest BCUT2D eigenvalue weighted by molar-refractivity contribution is 5.89. The third-order valence-corrected chi connectivity index (χ3v) is 2.29. The molecule has 0 radical (unpaired) electrons. The minimum absolute atomic E-state index is 0.00711. The SMILES string of the molecule is Cc1cc(F)cc(NC(=O)NCCCOCCO)c1. The molecular weight excluding hydrogens is 251 g/mol. The molecule has 19 heavy (non-hydrogen) atoms. The molecule has 0 saturated heterocycles. The van der Waals surface area contributed by atoms with Crippen molar-refractivity contribution < 1.29 is 19.0 Å². The van der Waals surface area contributed by atoms with E-state index in [4.69, 9.17) is 9.84 Å². The number of rotatable bonds is 7. The fraction of sp³-hybridized carbons (Fsp3) is 0.462. The molecule has 1 rings (SSSR count). The second-order valence-corrected chi connectivity index (χ2v) is 4.09. The lowest BCUT2D eigenvalue weighted by molar-refractivity contribution is 0.0910. The van der Waals surface area contributed by atoms with Crippen molar-refractivity contribution in [1.29, 1.82) is 0 Å². The highest BCUT2D eigenvalue weighted by atomic mass is 19.1. The summed E-state index contributed by atoms with van der Waals surface area (Å²) in [7, 11) is 0. The maximum atomic E-state index is 13.1. The smallest absolute Gasteiger partial charge is 0.319 e. The number of carbonyl (C=O) groups excluding carboxylic acids is 1. The van der Waals surface area contributed by atoms with Gasteiger partial charge < -0.3 is 20.5 Å². The molecule has 106 valence electrons. The van der Waals surface area contributed by atoms with Gasteiger partial charge in [0.25, 0.3) is 0 Å². The van der Waals surface area contributed by atoms with Crippen molar-refractivity contribution in [2.24, 2.45) is 0 Å². The quantitative estimate of drug-likeness (QED) is 0.660. The van der Waals surface area contributed by atoms with Gasteiger partial charge >= 0.3 is 6.03 Å². The van der Waals surface area contributed by atoms with E-state index in [0.717, 1.165) is 5.56 Å². The van der Waals surface area contributed by atoms with E-state index in [1.165, 1.54) is 12.1 Å².